The van der Waals surface area contributed by atoms with Gasteiger partial charge in [-0.25, -0.2) is 4.68 Å². The van der Waals surface area contributed by atoms with E-state index in [9.17, 15) is 23.2 Å². The average Bonchev–Trinajstić information content (AvgIpc) is 3.52. The average molecular weight is 509 g/mol. The molecule has 1 saturated carbocycles. The maximum absolute atomic E-state index is 13.2. The molecule has 34 heavy (non-hydrogen) atoms. The number of hydrogen-bond donors (Lipinski definition) is 1. The molecule has 0 bridgehead atoms. The number of halogens is 5. The molecule has 1 aromatic heterocycles. The van der Waals surface area contributed by atoms with Gasteiger partial charge in [-0.1, -0.05) is 53.5 Å². The Bertz CT molecular complexity index is 1270. The molecule has 176 valence electrons. The van der Waals surface area contributed by atoms with Gasteiger partial charge in [-0.15, -0.1) is 0 Å². The second kappa shape index (κ2) is 8.85. The van der Waals surface area contributed by atoms with E-state index in [-0.39, 0.29) is 33.8 Å². The smallest absolute Gasteiger partial charge is 0.416 e. The zero-order valence-electron chi connectivity index (χ0n) is 17.7. The van der Waals surface area contributed by atoms with E-state index in [1.165, 1.54) is 11.8 Å². The number of carbonyl (C=O) groups is 1. The lowest BCUT2D eigenvalue weighted by Crippen LogP contribution is -2.24. The van der Waals surface area contributed by atoms with Crippen LogP contribution >= 0.6 is 23.2 Å². The van der Waals surface area contributed by atoms with Crippen molar-refractivity contribution in [2.45, 2.75) is 31.0 Å². The summed E-state index contributed by atoms with van der Waals surface area (Å²) >= 11 is 12.5. The fourth-order valence-electron chi connectivity index (χ4n) is 3.86. The van der Waals surface area contributed by atoms with Crippen LogP contribution in [0.5, 0.6) is 0 Å². The van der Waals surface area contributed by atoms with Gasteiger partial charge in [0.1, 0.15) is 17.6 Å². The van der Waals surface area contributed by atoms with Crippen molar-refractivity contribution in [3.05, 3.63) is 74.9 Å². The van der Waals surface area contributed by atoms with E-state index < -0.39 is 23.1 Å². The van der Waals surface area contributed by atoms with Crippen molar-refractivity contribution in [1.29, 1.82) is 5.26 Å². The summed E-state index contributed by atoms with van der Waals surface area (Å²) in [7, 11) is 1.25. The van der Waals surface area contributed by atoms with Crippen molar-refractivity contribution in [2.24, 2.45) is 0 Å². The van der Waals surface area contributed by atoms with Gasteiger partial charge in [0.05, 0.1) is 33.7 Å². The fraction of sp³-hybridized carbons (Fsp3) is 0.261. The number of esters is 1. The number of nitrogens with zero attached hydrogens (tertiary/aromatic N) is 3. The normalized spacial score (nSPS) is 14.4. The number of hydrogen-bond acceptors (Lipinski definition) is 5. The lowest BCUT2D eigenvalue weighted by molar-refractivity contribution is -0.143. The number of nitriles is 1. The van der Waals surface area contributed by atoms with Crippen LogP contribution in [0, 0.1) is 11.3 Å². The van der Waals surface area contributed by atoms with Crippen LogP contribution in [0.3, 0.4) is 0 Å². The monoisotopic (exact) mass is 508 g/mol. The summed E-state index contributed by atoms with van der Waals surface area (Å²) in [6, 6.07) is 12.7. The molecule has 0 amide bonds. The summed E-state index contributed by atoms with van der Waals surface area (Å²) in [6.45, 7) is 0.275. The Hall–Kier alpha value is -3.22. The van der Waals surface area contributed by atoms with E-state index in [4.69, 9.17) is 27.9 Å². The van der Waals surface area contributed by atoms with Gasteiger partial charge >= 0.3 is 12.1 Å². The van der Waals surface area contributed by atoms with Crippen molar-refractivity contribution in [2.75, 3.05) is 12.4 Å². The quantitative estimate of drug-likeness (QED) is 0.420. The molecule has 1 aliphatic carbocycles. The zero-order valence-corrected chi connectivity index (χ0v) is 19.2. The molecule has 0 radical (unpaired) electrons. The maximum atomic E-state index is 13.2. The number of ether oxygens (including phenoxy) is 1. The Kier molecular flexibility index (Phi) is 6.23. The van der Waals surface area contributed by atoms with Crippen LogP contribution in [0.4, 0.5) is 19.0 Å². The highest BCUT2D eigenvalue weighted by Gasteiger charge is 2.57. The lowest BCUT2D eigenvalue weighted by Gasteiger charge is -2.18. The summed E-state index contributed by atoms with van der Waals surface area (Å²) in [4.78, 5) is 12.7. The summed E-state index contributed by atoms with van der Waals surface area (Å²) in [6.07, 6.45) is -3.81. The number of alkyl halides is 3. The Labute approximate surface area is 202 Å². The third kappa shape index (κ3) is 4.19. The molecule has 1 fully saturated rings. The van der Waals surface area contributed by atoms with Gasteiger partial charge in [0.25, 0.3) is 0 Å². The Morgan fingerprint density at radius 3 is 2.35 bits per heavy atom. The first-order valence-electron chi connectivity index (χ1n) is 10.1. The van der Waals surface area contributed by atoms with E-state index in [1.54, 1.807) is 0 Å². The minimum atomic E-state index is -4.66. The van der Waals surface area contributed by atoms with E-state index >= 15 is 0 Å². The van der Waals surface area contributed by atoms with Gasteiger partial charge in [0.2, 0.25) is 0 Å². The molecule has 0 aliphatic heterocycles. The number of benzene rings is 2. The van der Waals surface area contributed by atoms with Gasteiger partial charge in [-0.3, -0.25) is 4.79 Å². The van der Waals surface area contributed by atoms with E-state index in [0.717, 1.165) is 17.7 Å². The minimum absolute atomic E-state index is 0.0460. The summed E-state index contributed by atoms with van der Waals surface area (Å²) < 4.78 is 45.9. The van der Waals surface area contributed by atoms with Crippen LogP contribution in [0.25, 0.3) is 5.69 Å². The molecule has 1 aliphatic rings. The van der Waals surface area contributed by atoms with Crippen LogP contribution in [-0.4, -0.2) is 22.9 Å². The zero-order chi connectivity index (χ0) is 24.7. The second-order valence-electron chi connectivity index (χ2n) is 7.79. The molecule has 6 nitrogen and oxygen atoms in total. The number of rotatable bonds is 6. The topological polar surface area (TPSA) is 79.9 Å². The van der Waals surface area contributed by atoms with Crippen LogP contribution in [0.2, 0.25) is 10.0 Å². The molecule has 0 atom stereocenters. The van der Waals surface area contributed by atoms with Gasteiger partial charge in [0.15, 0.2) is 5.69 Å². The highest BCUT2D eigenvalue weighted by molar-refractivity contribution is 6.38. The Morgan fingerprint density at radius 2 is 1.85 bits per heavy atom. The van der Waals surface area contributed by atoms with Crippen LogP contribution in [-0.2, 0) is 27.7 Å². The molecule has 1 heterocycles. The first kappa shape index (κ1) is 23.9. The predicted octanol–water partition coefficient (Wildman–Crippen LogP) is 5.89. The van der Waals surface area contributed by atoms with Crippen LogP contribution in [0.15, 0.2) is 42.5 Å². The number of nitrogens with one attached hydrogen (secondary N) is 1. The van der Waals surface area contributed by atoms with Crippen molar-refractivity contribution < 1.29 is 22.7 Å². The molecule has 3 aromatic rings. The summed E-state index contributed by atoms with van der Waals surface area (Å²) in [5, 5.41) is 16.6. The number of anilines is 1. The summed E-state index contributed by atoms with van der Waals surface area (Å²) in [5.74, 6) is -0.303. The molecule has 0 saturated heterocycles. The molecular formula is C23H17Cl2F3N4O2. The van der Waals surface area contributed by atoms with E-state index in [1.807, 2.05) is 36.4 Å². The molecule has 2 aromatic carbocycles. The van der Waals surface area contributed by atoms with Crippen molar-refractivity contribution in [3.8, 4) is 11.8 Å². The molecule has 0 spiro atoms. The van der Waals surface area contributed by atoms with Crippen molar-refractivity contribution in [1.82, 2.24) is 9.78 Å². The molecule has 4 rings (SSSR count). The number of methoxy groups -OCH3 is 1. The Balaban J connectivity index is 1.92. The molecule has 1 N–H and O–H groups in total. The lowest BCUT2D eigenvalue weighted by atomic mass is 9.95. The first-order valence-corrected chi connectivity index (χ1v) is 10.8. The second-order valence-corrected chi connectivity index (χ2v) is 8.61. The minimum Gasteiger partial charge on any atom is -0.468 e. The van der Waals surface area contributed by atoms with Gasteiger partial charge in [0, 0.05) is 6.54 Å². The fourth-order valence-corrected chi connectivity index (χ4v) is 4.51. The van der Waals surface area contributed by atoms with Crippen LogP contribution < -0.4 is 5.32 Å². The van der Waals surface area contributed by atoms with Crippen molar-refractivity contribution in [3.63, 3.8) is 0 Å². The Morgan fingerprint density at radius 1 is 1.24 bits per heavy atom. The predicted molar refractivity (Wildman–Crippen MR) is 120 cm³/mol. The third-order valence-electron chi connectivity index (χ3n) is 5.65. The van der Waals surface area contributed by atoms with Gasteiger partial charge < -0.3 is 10.1 Å². The standard InChI is InChI=1S/C23H17Cl2F3N4O2/c1-34-21(33)22(7-8-22)18-17(11-29)31-32(20(18)30-12-13-5-3-2-4-6-13)19-15(24)9-14(10-16(19)25)23(26,27)28/h2-6,9-10,30H,7-8,12H2,1H3. The third-order valence-corrected chi connectivity index (χ3v) is 6.23. The number of aromatic nitrogens is 2. The highest BCUT2D eigenvalue weighted by Crippen LogP contribution is 2.53. The molecular weight excluding hydrogens is 492 g/mol. The number of carbonyl (C=O) groups excluding carboxylic acids is 1. The maximum Gasteiger partial charge on any atom is 0.416 e. The van der Waals surface area contributed by atoms with Gasteiger partial charge in [-0.05, 0) is 30.5 Å². The molecule has 0 unspecified atom stereocenters. The SMILES string of the molecule is COC(=O)C1(c2c(C#N)nn(-c3c(Cl)cc(C(F)(F)F)cc3Cl)c2NCc2ccccc2)CC1. The van der Waals surface area contributed by atoms with E-state index in [2.05, 4.69) is 10.4 Å². The summed E-state index contributed by atoms with van der Waals surface area (Å²) in [5.41, 5.74) is -1.06. The van der Waals surface area contributed by atoms with E-state index in [0.29, 0.717) is 18.4 Å². The largest absolute Gasteiger partial charge is 0.468 e. The first-order chi connectivity index (χ1) is 16.1. The van der Waals surface area contributed by atoms with Crippen molar-refractivity contribution >= 4 is 35.0 Å². The van der Waals surface area contributed by atoms with Crippen LogP contribution in [0.1, 0.15) is 35.2 Å². The highest BCUT2D eigenvalue weighted by atomic mass is 35.5. The molecule has 11 heteroatoms. The van der Waals surface area contributed by atoms with Gasteiger partial charge in [-0.2, -0.15) is 23.5 Å².